The van der Waals surface area contributed by atoms with Gasteiger partial charge in [-0.25, -0.2) is 4.98 Å². The average Bonchev–Trinajstić information content (AvgIpc) is 2.91. The van der Waals surface area contributed by atoms with Crippen LogP contribution < -0.4 is 5.32 Å². The minimum atomic E-state index is -0.144. The number of benzene rings is 1. The molecule has 1 N–H and O–H groups in total. The van der Waals surface area contributed by atoms with Crippen LogP contribution in [0.3, 0.4) is 0 Å². The Labute approximate surface area is 130 Å². The lowest BCUT2D eigenvalue weighted by Crippen LogP contribution is -2.27. The molecule has 5 heteroatoms. The first-order chi connectivity index (χ1) is 10.5. The molecule has 0 radical (unpaired) electrons. The number of hydrogen-bond donors (Lipinski definition) is 1. The Kier molecular flexibility index (Phi) is 3.98. The van der Waals surface area contributed by atoms with Crippen LogP contribution >= 0.6 is 0 Å². The summed E-state index contributed by atoms with van der Waals surface area (Å²) in [6.45, 7) is 8.02. The summed E-state index contributed by atoms with van der Waals surface area (Å²) < 4.78 is 7.34. The SMILES string of the molecule is Cc1ccc([C@H](C)NC(=O)c2cn3c(n2)COCC3)c(C)c1. The third-order valence-electron chi connectivity index (χ3n) is 4.04. The number of rotatable bonds is 3. The molecule has 2 heterocycles. The number of fused-ring (bicyclic) bond motifs is 1. The van der Waals surface area contributed by atoms with Crippen molar-refractivity contribution in [3.05, 3.63) is 52.6 Å². The molecule has 0 bridgehead atoms. The molecule has 0 spiro atoms. The Morgan fingerprint density at radius 2 is 2.23 bits per heavy atom. The van der Waals surface area contributed by atoms with E-state index in [2.05, 4.69) is 42.3 Å². The molecule has 1 aliphatic rings. The average molecular weight is 299 g/mol. The van der Waals surface area contributed by atoms with E-state index in [-0.39, 0.29) is 11.9 Å². The molecular weight excluding hydrogens is 278 g/mol. The fourth-order valence-electron chi connectivity index (χ4n) is 2.86. The van der Waals surface area contributed by atoms with Gasteiger partial charge in [-0.3, -0.25) is 4.79 Å². The van der Waals surface area contributed by atoms with Crippen LogP contribution in [0.15, 0.2) is 24.4 Å². The van der Waals surface area contributed by atoms with Crippen LogP contribution in [0.5, 0.6) is 0 Å². The van der Waals surface area contributed by atoms with Crippen LogP contribution in [0.2, 0.25) is 0 Å². The van der Waals surface area contributed by atoms with Crippen molar-refractivity contribution in [1.82, 2.24) is 14.9 Å². The Balaban J connectivity index is 1.74. The van der Waals surface area contributed by atoms with Gasteiger partial charge in [-0.1, -0.05) is 23.8 Å². The van der Waals surface area contributed by atoms with Crippen LogP contribution in [-0.4, -0.2) is 22.1 Å². The molecule has 2 aromatic rings. The first-order valence-electron chi connectivity index (χ1n) is 7.56. The van der Waals surface area contributed by atoms with Gasteiger partial charge < -0.3 is 14.6 Å². The van der Waals surface area contributed by atoms with E-state index in [1.54, 1.807) is 0 Å². The van der Waals surface area contributed by atoms with E-state index in [9.17, 15) is 4.79 Å². The Morgan fingerprint density at radius 1 is 1.41 bits per heavy atom. The van der Waals surface area contributed by atoms with Crippen LogP contribution in [0, 0.1) is 13.8 Å². The third-order valence-corrected chi connectivity index (χ3v) is 4.04. The molecule has 0 fully saturated rings. The van der Waals surface area contributed by atoms with Crippen molar-refractivity contribution >= 4 is 5.91 Å². The zero-order valence-corrected chi connectivity index (χ0v) is 13.2. The maximum Gasteiger partial charge on any atom is 0.271 e. The summed E-state index contributed by atoms with van der Waals surface area (Å²) in [5.41, 5.74) is 4.00. The lowest BCUT2D eigenvalue weighted by Gasteiger charge is -2.16. The molecule has 1 aromatic heterocycles. The van der Waals surface area contributed by atoms with E-state index >= 15 is 0 Å². The summed E-state index contributed by atoms with van der Waals surface area (Å²) >= 11 is 0. The van der Waals surface area contributed by atoms with Crippen molar-refractivity contribution in [2.24, 2.45) is 0 Å². The summed E-state index contributed by atoms with van der Waals surface area (Å²) in [4.78, 5) is 16.8. The number of nitrogens with one attached hydrogen (secondary N) is 1. The van der Waals surface area contributed by atoms with Gasteiger partial charge in [0, 0.05) is 12.7 Å². The monoisotopic (exact) mass is 299 g/mol. The highest BCUT2D eigenvalue weighted by Crippen LogP contribution is 2.19. The van der Waals surface area contributed by atoms with E-state index in [1.807, 2.05) is 17.7 Å². The summed E-state index contributed by atoms with van der Waals surface area (Å²) in [6, 6.07) is 6.22. The van der Waals surface area contributed by atoms with Gasteiger partial charge in [-0.15, -0.1) is 0 Å². The summed E-state index contributed by atoms with van der Waals surface area (Å²) in [6.07, 6.45) is 1.81. The van der Waals surface area contributed by atoms with Crippen LogP contribution in [0.25, 0.3) is 0 Å². The maximum absolute atomic E-state index is 12.4. The summed E-state index contributed by atoms with van der Waals surface area (Å²) in [7, 11) is 0. The van der Waals surface area contributed by atoms with Crippen molar-refractivity contribution in [2.75, 3.05) is 6.61 Å². The fraction of sp³-hybridized carbons (Fsp3) is 0.412. The first kappa shape index (κ1) is 14.8. The van der Waals surface area contributed by atoms with E-state index in [4.69, 9.17) is 4.74 Å². The van der Waals surface area contributed by atoms with Gasteiger partial charge in [0.15, 0.2) is 0 Å². The van der Waals surface area contributed by atoms with E-state index in [0.29, 0.717) is 18.9 Å². The molecule has 0 unspecified atom stereocenters. The number of aromatic nitrogens is 2. The normalized spacial score (nSPS) is 15.2. The van der Waals surface area contributed by atoms with Gasteiger partial charge in [0.05, 0.1) is 12.6 Å². The number of aryl methyl sites for hydroxylation is 2. The zero-order valence-electron chi connectivity index (χ0n) is 13.2. The second-order valence-corrected chi connectivity index (χ2v) is 5.84. The largest absolute Gasteiger partial charge is 0.372 e. The molecule has 5 nitrogen and oxygen atoms in total. The highest BCUT2D eigenvalue weighted by molar-refractivity contribution is 5.92. The molecular formula is C17H21N3O2. The first-order valence-corrected chi connectivity index (χ1v) is 7.56. The number of hydrogen-bond acceptors (Lipinski definition) is 3. The van der Waals surface area contributed by atoms with E-state index < -0.39 is 0 Å². The highest BCUT2D eigenvalue weighted by Gasteiger charge is 2.19. The van der Waals surface area contributed by atoms with Gasteiger partial charge in [-0.2, -0.15) is 0 Å². The number of amides is 1. The van der Waals surface area contributed by atoms with E-state index in [0.717, 1.165) is 17.9 Å². The van der Waals surface area contributed by atoms with Gasteiger partial charge in [0.1, 0.15) is 18.1 Å². The highest BCUT2D eigenvalue weighted by atomic mass is 16.5. The molecule has 0 aliphatic carbocycles. The Morgan fingerprint density at radius 3 is 2.95 bits per heavy atom. The predicted octanol–water partition coefficient (Wildman–Crippen LogP) is 2.52. The molecule has 0 saturated carbocycles. The standard InChI is InChI=1S/C17H21N3O2/c1-11-4-5-14(12(2)8-11)13(3)18-17(21)15-9-20-6-7-22-10-16(20)19-15/h4-5,8-9,13H,6-7,10H2,1-3H3,(H,18,21)/t13-/m0/s1. The Hall–Kier alpha value is -2.14. The van der Waals surface area contributed by atoms with Crippen molar-refractivity contribution in [3.63, 3.8) is 0 Å². The molecule has 1 aliphatic heterocycles. The number of imidazole rings is 1. The molecule has 1 amide bonds. The van der Waals surface area contributed by atoms with E-state index in [1.165, 1.54) is 11.1 Å². The minimum absolute atomic E-state index is 0.0527. The third kappa shape index (κ3) is 2.90. The van der Waals surface area contributed by atoms with Crippen molar-refractivity contribution in [2.45, 2.75) is 40.0 Å². The summed E-state index contributed by atoms with van der Waals surface area (Å²) in [5, 5.41) is 3.03. The fourth-order valence-corrected chi connectivity index (χ4v) is 2.86. The van der Waals surface area contributed by atoms with Gasteiger partial charge >= 0.3 is 0 Å². The van der Waals surface area contributed by atoms with Crippen LogP contribution in [0.4, 0.5) is 0 Å². The molecule has 0 saturated heterocycles. The molecule has 116 valence electrons. The van der Waals surface area contributed by atoms with Crippen LogP contribution in [-0.2, 0) is 17.9 Å². The second-order valence-electron chi connectivity index (χ2n) is 5.84. The number of ether oxygens (including phenoxy) is 1. The van der Waals surface area contributed by atoms with Crippen molar-refractivity contribution < 1.29 is 9.53 Å². The minimum Gasteiger partial charge on any atom is -0.372 e. The van der Waals surface area contributed by atoms with Gasteiger partial charge in [-0.05, 0) is 31.9 Å². The predicted molar refractivity (Wildman–Crippen MR) is 83.7 cm³/mol. The molecule has 1 atom stereocenters. The maximum atomic E-state index is 12.4. The van der Waals surface area contributed by atoms with Gasteiger partial charge in [0.25, 0.3) is 5.91 Å². The Bertz CT molecular complexity index is 682. The smallest absolute Gasteiger partial charge is 0.271 e. The summed E-state index contributed by atoms with van der Waals surface area (Å²) in [5.74, 6) is 0.671. The number of carbonyl (C=O) groups is 1. The molecule has 22 heavy (non-hydrogen) atoms. The quantitative estimate of drug-likeness (QED) is 0.947. The van der Waals surface area contributed by atoms with Crippen molar-refractivity contribution in [3.8, 4) is 0 Å². The van der Waals surface area contributed by atoms with Crippen molar-refractivity contribution in [1.29, 1.82) is 0 Å². The second kappa shape index (κ2) is 5.93. The zero-order chi connectivity index (χ0) is 15.7. The topological polar surface area (TPSA) is 56.2 Å². The lowest BCUT2D eigenvalue weighted by molar-refractivity contribution is 0.0815. The molecule has 1 aromatic carbocycles. The van der Waals surface area contributed by atoms with Gasteiger partial charge in [0.2, 0.25) is 0 Å². The molecule has 3 rings (SSSR count). The number of carbonyl (C=O) groups excluding carboxylic acids is 1. The number of nitrogens with zero attached hydrogens (tertiary/aromatic N) is 2. The lowest BCUT2D eigenvalue weighted by atomic mass is 10.0. The van der Waals surface area contributed by atoms with Crippen LogP contribution in [0.1, 0.15) is 46.0 Å².